The van der Waals surface area contributed by atoms with E-state index in [0.717, 1.165) is 18.4 Å². The maximum Gasteiger partial charge on any atom is 0.325 e. The first kappa shape index (κ1) is 11.3. The Hall–Kier alpha value is -2.75. The van der Waals surface area contributed by atoms with Crippen molar-refractivity contribution >= 4 is 0 Å². The number of hydrogen-bond acceptors (Lipinski definition) is 5. The van der Waals surface area contributed by atoms with Crippen molar-refractivity contribution in [1.29, 1.82) is 5.26 Å². The number of hydrogen-bond donors (Lipinski definition) is 2. The number of aromatic nitrogens is 4. The monoisotopic (exact) mass is 259 g/mol. The largest absolute Gasteiger partial charge is 0.325 e. The molecule has 1 aliphatic rings. The normalized spacial score (nSPS) is 14.1. The standard InChI is InChI=1S/C12H9N5O2.2H2/c13-4-10-7(6-1-2-6)3-9(16-17-10)8-5-14-12(19)15-11(8)18;;/h3,5-6H,1-2H2,(H2,14,15,18,19);2*1H. The molecule has 2 heterocycles. The maximum absolute atomic E-state index is 11.7. The predicted octanol–water partition coefficient (Wildman–Crippen LogP) is 0.761. The van der Waals surface area contributed by atoms with E-state index in [1.807, 2.05) is 6.07 Å². The summed E-state index contributed by atoms with van der Waals surface area (Å²) in [5, 5.41) is 16.7. The highest BCUT2D eigenvalue weighted by Gasteiger charge is 2.28. The van der Waals surface area contributed by atoms with Crippen LogP contribution in [0.25, 0.3) is 11.3 Å². The van der Waals surface area contributed by atoms with Crippen molar-refractivity contribution in [2.24, 2.45) is 0 Å². The number of nitrogens with zero attached hydrogens (tertiary/aromatic N) is 3. The van der Waals surface area contributed by atoms with Gasteiger partial charge in [-0.25, -0.2) is 4.79 Å². The Balaban J connectivity index is 0.00000110. The second-order valence-electron chi connectivity index (χ2n) is 4.41. The molecule has 2 aromatic rings. The van der Waals surface area contributed by atoms with Crippen LogP contribution in [0.1, 0.15) is 32.9 Å². The zero-order valence-electron chi connectivity index (χ0n) is 9.80. The van der Waals surface area contributed by atoms with Crippen LogP contribution in [-0.2, 0) is 0 Å². The molecule has 98 valence electrons. The lowest BCUT2D eigenvalue weighted by molar-refractivity contribution is 0.952. The summed E-state index contributed by atoms with van der Waals surface area (Å²) in [6.07, 6.45) is 3.33. The van der Waals surface area contributed by atoms with Crippen molar-refractivity contribution in [1.82, 2.24) is 20.2 Å². The van der Waals surface area contributed by atoms with Crippen molar-refractivity contribution in [3.8, 4) is 17.3 Å². The third kappa shape index (κ3) is 2.04. The number of nitrogens with one attached hydrogen (secondary N) is 2. The molecule has 0 aliphatic heterocycles. The summed E-state index contributed by atoms with van der Waals surface area (Å²) >= 11 is 0. The lowest BCUT2D eigenvalue weighted by Gasteiger charge is -2.03. The van der Waals surface area contributed by atoms with Gasteiger partial charge in [-0.3, -0.25) is 9.78 Å². The van der Waals surface area contributed by atoms with Crippen molar-refractivity contribution < 1.29 is 2.85 Å². The van der Waals surface area contributed by atoms with Gasteiger partial charge in [0.15, 0.2) is 5.69 Å². The first-order chi connectivity index (χ1) is 9.19. The van der Waals surface area contributed by atoms with Gasteiger partial charge in [-0.05, 0) is 30.4 Å². The van der Waals surface area contributed by atoms with E-state index < -0.39 is 11.2 Å². The first-order valence-corrected chi connectivity index (χ1v) is 5.79. The second-order valence-corrected chi connectivity index (χ2v) is 4.41. The summed E-state index contributed by atoms with van der Waals surface area (Å²) in [6.45, 7) is 0. The molecule has 7 nitrogen and oxygen atoms in total. The minimum absolute atomic E-state index is 0. The Labute approximate surface area is 109 Å². The third-order valence-electron chi connectivity index (χ3n) is 3.04. The van der Waals surface area contributed by atoms with E-state index in [1.165, 1.54) is 6.20 Å². The van der Waals surface area contributed by atoms with Gasteiger partial charge in [0.2, 0.25) is 0 Å². The van der Waals surface area contributed by atoms with Crippen molar-refractivity contribution in [3.05, 3.63) is 44.4 Å². The summed E-state index contributed by atoms with van der Waals surface area (Å²) in [4.78, 5) is 27.2. The van der Waals surface area contributed by atoms with Crippen molar-refractivity contribution in [3.63, 3.8) is 0 Å². The highest BCUT2D eigenvalue weighted by molar-refractivity contribution is 5.58. The average molecular weight is 259 g/mol. The van der Waals surface area contributed by atoms with Gasteiger partial charge in [0.05, 0.1) is 5.56 Å². The van der Waals surface area contributed by atoms with Gasteiger partial charge in [0.25, 0.3) is 5.56 Å². The minimum Gasteiger partial charge on any atom is -0.313 e. The van der Waals surface area contributed by atoms with Crippen LogP contribution in [0.2, 0.25) is 0 Å². The molecule has 0 unspecified atom stereocenters. The van der Waals surface area contributed by atoms with Crippen LogP contribution in [0, 0.1) is 11.3 Å². The van der Waals surface area contributed by atoms with Gasteiger partial charge in [-0.2, -0.15) is 5.26 Å². The molecule has 0 spiro atoms. The van der Waals surface area contributed by atoms with Crippen LogP contribution in [0.3, 0.4) is 0 Å². The van der Waals surface area contributed by atoms with Crippen LogP contribution in [-0.4, -0.2) is 20.2 Å². The fourth-order valence-corrected chi connectivity index (χ4v) is 1.93. The van der Waals surface area contributed by atoms with E-state index in [1.54, 1.807) is 6.07 Å². The Morgan fingerprint density at radius 1 is 1.37 bits per heavy atom. The summed E-state index contributed by atoms with van der Waals surface area (Å²) < 4.78 is 0. The molecule has 0 saturated heterocycles. The predicted molar refractivity (Wildman–Crippen MR) is 69.6 cm³/mol. The van der Waals surface area contributed by atoms with Crippen LogP contribution < -0.4 is 11.2 Å². The van der Waals surface area contributed by atoms with Crippen molar-refractivity contribution in [2.45, 2.75) is 18.8 Å². The molecule has 1 saturated carbocycles. The zero-order valence-corrected chi connectivity index (χ0v) is 9.80. The van der Waals surface area contributed by atoms with Gasteiger partial charge in [0, 0.05) is 9.05 Å². The van der Waals surface area contributed by atoms with E-state index in [0.29, 0.717) is 17.3 Å². The summed E-state index contributed by atoms with van der Waals surface area (Å²) in [5.41, 5.74) is 0.615. The van der Waals surface area contributed by atoms with E-state index in [9.17, 15) is 9.59 Å². The maximum atomic E-state index is 11.7. The highest BCUT2D eigenvalue weighted by atomic mass is 16.2. The molecular weight excluding hydrogens is 246 g/mol. The molecule has 0 aromatic carbocycles. The van der Waals surface area contributed by atoms with Gasteiger partial charge in [-0.15, -0.1) is 10.2 Å². The fourth-order valence-electron chi connectivity index (χ4n) is 1.93. The summed E-state index contributed by atoms with van der Waals surface area (Å²) in [6, 6.07) is 3.70. The number of rotatable bonds is 2. The number of nitriles is 1. The Morgan fingerprint density at radius 2 is 2.16 bits per heavy atom. The Morgan fingerprint density at radius 3 is 2.79 bits per heavy atom. The number of H-pyrrole nitrogens is 2. The molecule has 2 aromatic heterocycles. The van der Waals surface area contributed by atoms with E-state index in [4.69, 9.17) is 5.26 Å². The molecule has 2 N–H and O–H groups in total. The molecule has 19 heavy (non-hydrogen) atoms. The lowest BCUT2D eigenvalue weighted by atomic mass is 10.1. The second kappa shape index (κ2) is 4.17. The van der Waals surface area contributed by atoms with Crippen LogP contribution in [0.4, 0.5) is 0 Å². The molecule has 7 heteroatoms. The van der Waals surface area contributed by atoms with Crippen LogP contribution in [0.5, 0.6) is 0 Å². The van der Waals surface area contributed by atoms with Gasteiger partial charge >= 0.3 is 5.69 Å². The van der Waals surface area contributed by atoms with E-state index in [2.05, 4.69) is 20.2 Å². The van der Waals surface area contributed by atoms with Gasteiger partial charge in [0.1, 0.15) is 11.8 Å². The van der Waals surface area contributed by atoms with E-state index >= 15 is 0 Å². The first-order valence-electron chi connectivity index (χ1n) is 5.79. The molecule has 0 radical (unpaired) electrons. The van der Waals surface area contributed by atoms with Gasteiger partial charge < -0.3 is 4.98 Å². The van der Waals surface area contributed by atoms with Crippen LogP contribution >= 0.6 is 0 Å². The van der Waals surface area contributed by atoms with Gasteiger partial charge in [-0.1, -0.05) is 0 Å². The van der Waals surface area contributed by atoms with Crippen molar-refractivity contribution in [2.75, 3.05) is 0 Å². The van der Waals surface area contributed by atoms with Crippen LogP contribution in [0.15, 0.2) is 21.9 Å². The highest BCUT2D eigenvalue weighted by Crippen LogP contribution is 2.41. The Bertz CT molecular complexity index is 804. The van der Waals surface area contributed by atoms with E-state index in [-0.39, 0.29) is 8.42 Å². The molecule has 1 aliphatic carbocycles. The molecule has 3 rings (SSSR count). The lowest BCUT2D eigenvalue weighted by Crippen LogP contribution is -2.23. The molecule has 0 atom stereocenters. The zero-order chi connectivity index (χ0) is 13.4. The SMILES string of the molecule is N#Cc1nnc(-c2c[nH]c(=O)[nH]c2=O)cc1C1CC1.[HH].[HH]. The summed E-state index contributed by atoms with van der Waals surface area (Å²) in [7, 11) is 0. The minimum atomic E-state index is -0.572. The molecule has 1 fully saturated rings. The molecule has 0 bridgehead atoms. The quantitative estimate of drug-likeness (QED) is 0.826. The summed E-state index contributed by atoms with van der Waals surface area (Å²) in [5.74, 6) is 0.325. The third-order valence-corrected chi connectivity index (χ3v) is 3.04. The molecular formula is C12H13N5O2. The number of aromatic amines is 2. The average Bonchev–Trinajstić information content (AvgIpc) is 3.22. The molecule has 0 amide bonds. The smallest absolute Gasteiger partial charge is 0.313 e. The topological polar surface area (TPSA) is 115 Å². The Kier molecular flexibility index (Phi) is 2.49. The fraction of sp³-hybridized carbons (Fsp3) is 0.250.